The van der Waals surface area contributed by atoms with Gasteiger partial charge in [0.2, 0.25) is 0 Å². The molecular weight excluding hydrogens is 282 g/mol. The quantitative estimate of drug-likeness (QED) is 0.773. The molecule has 3 rings (SSSR count). The lowest BCUT2D eigenvalue weighted by Gasteiger charge is -2.27. The number of aryl methyl sites for hydroxylation is 1. The summed E-state index contributed by atoms with van der Waals surface area (Å²) in [5.41, 5.74) is 1.03. The van der Waals surface area contributed by atoms with Crippen molar-refractivity contribution >= 4 is 17.3 Å². The van der Waals surface area contributed by atoms with Gasteiger partial charge in [0.05, 0.1) is 17.3 Å². The number of ether oxygens (including phenoxy) is 1. The number of fused-ring (bicyclic) bond motifs is 1. The Bertz CT molecular complexity index is 511. The molecule has 1 aromatic rings. The molecule has 0 spiro atoms. The predicted octanol–water partition coefficient (Wildman–Crippen LogP) is 4.42. The van der Waals surface area contributed by atoms with Crippen molar-refractivity contribution in [1.82, 2.24) is 4.98 Å². The zero-order valence-corrected chi connectivity index (χ0v) is 13.9. The van der Waals surface area contributed by atoms with Crippen LogP contribution in [0.25, 0.3) is 0 Å². The molecule has 0 amide bonds. The highest BCUT2D eigenvalue weighted by molar-refractivity contribution is 7.11. The summed E-state index contributed by atoms with van der Waals surface area (Å²) in [5.74, 6) is 1.31. The highest BCUT2D eigenvalue weighted by atomic mass is 32.1. The molecule has 0 aromatic carbocycles. The van der Waals surface area contributed by atoms with E-state index in [1.165, 1.54) is 42.0 Å². The van der Waals surface area contributed by atoms with Crippen LogP contribution in [-0.2, 0) is 16.0 Å². The number of nitrogens with zero attached hydrogens (tertiary/aromatic N) is 1. The number of esters is 1. The van der Waals surface area contributed by atoms with Gasteiger partial charge in [-0.25, -0.2) is 4.98 Å². The second-order valence-electron chi connectivity index (χ2n) is 6.34. The second-order valence-corrected chi connectivity index (χ2v) is 7.46. The lowest BCUT2D eigenvalue weighted by atomic mass is 9.80. The van der Waals surface area contributed by atoms with Crippen molar-refractivity contribution < 1.29 is 9.53 Å². The Hall–Kier alpha value is -0.900. The maximum Gasteiger partial charge on any atom is 0.315 e. The summed E-state index contributed by atoms with van der Waals surface area (Å²) in [4.78, 5) is 18.3. The molecular formula is C17H25NO2S. The van der Waals surface area contributed by atoms with Gasteiger partial charge in [-0.2, -0.15) is 0 Å². The molecule has 3 atom stereocenters. The summed E-state index contributed by atoms with van der Waals surface area (Å²) < 4.78 is 5.20. The van der Waals surface area contributed by atoms with Gasteiger partial charge in [-0.05, 0) is 38.5 Å². The van der Waals surface area contributed by atoms with Gasteiger partial charge in [-0.15, -0.1) is 11.3 Å². The topological polar surface area (TPSA) is 39.2 Å². The van der Waals surface area contributed by atoms with Gasteiger partial charge in [0.25, 0.3) is 0 Å². The van der Waals surface area contributed by atoms with E-state index in [2.05, 4.69) is 6.92 Å². The van der Waals surface area contributed by atoms with Crippen LogP contribution in [0, 0.1) is 5.92 Å². The average Bonchev–Trinajstić information content (AvgIpc) is 3.07. The normalized spacial score (nSPS) is 28.4. The van der Waals surface area contributed by atoms with Crippen LogP contribution < -0.4 is 0 Å². The van der Waals surface area contributed by atoms with Gasteiger partial charge >= 0.3 is 5.97 Å². The Morgan fingerprint density at radius 3 is 2.95 bits per heavy atom. The van der Waals surface area contributed by atoms with Crippen molar-refractivity contribution in [3.8, 4) is 0 Å². The van der Waals surface area contributed by atoms with Crippen molar-refractivity contribution in [2.45, 2.75) is 70.6 Å². The Labute approximate surface area is 131 Å². The van der Waals surface area contributed by atoms with Crippen LogP contribution in [0.2, 0.25) is 0 Å². The summed E-state index contributed by atoms with van der Waals surface area (Å²) in [6.45, 7) is 4.63. The highest BCUT2D eigenvalue weighted by Gasteiger charge is 2.35. The van der Waals surface area contributed by atoms with Gasteiger partial charge in [0, 0.05) is 10.8 Å². The van der Waals surface area contributed by atoms with Gasteiger partial charge in [-0.3, -0.25) is 4.79 Å². The monoisotopic (exact) mass is 307 g/mol. The first kappa shape index (κ1) is 15.0. The van der Waals surface area contributed by atoms with Gasteiger partial charge < -0.3 is 4.74 Å². The Morgan fingerprint density at radius 2 is 2.19 bits per heavy atom. The van der Waals surface area contributed by atoms with E-state index >= 15 is 0 Å². The van der Waals surface area contributed by atoms with Gasteiger partial charge in [-0.1, -0.05) is 26.2 Å². The fourth-order valence-corrected chi connectivity index (χ4v) is 5.07. The van der Waals surface area contributed by atoms with E-state index in [0.717, 1.165) is 24.5 Å². The standard InChI is InChI=1S/C17H25NO2S/c1-3-11-6-5-7-12(10-11)16-18-15-13(17(19)20-4-2)8-9-14(15)21-16/h11-13H,3-10H2,1-2H3. The molecule has 0 N–H and O–H groups in total. The van der Waals surface area contributed by atoms with Gasteiger partial charge in [0.15, 0.2) is 0 Å². The van der Waals surface area contributed by atoms with E-state index in [1.54, 1.807) is 0 Å². The summed E-state index contributed by atoms with van der Waals surface area (Å²) in [7, 11) is 0. The summed E-state index contributed by atoms with van der Waals surface area (Å²) in [5, 5.41) is 1.28. The Balaban J connectivity index is 1.75. The first-order chi connectivity index (χ1) is 10.2. The minimum atomic E-state index is -0.101. The number of carbonyl (C=O) groups excluding carboxylic acids is 1. The van der Waals surface area contributed by atoms with Crippen molar-refractivity contribution in [2.75, 3.05) is 6.61 Å². The number of carbonyl (C=O) groups is 1. The molecule has 0 radical (unpaired) electrons. The third-order valence-corrected chi connectivity index (χ3v) is 6.31. The van der Waals surface area contributed by atoms with Crippen molar-refractivity contribution in [3.05, 3.63) is 15.6 Å². The van der Waals surface area contributed by atoms with Crippen LogP contribution in [0.1, 0.15) is 79.8 Å². The van der Waals surface area contributed by atoms with E-state index in [4.69, 9.17) is 9.72 Å². The molecule has 116 valence electrons. The van der Waals surface area contributed by atoms with Crippen LogP contribution >= 0.6 is 11.3 Å². The molecule has 0 bridgehead atoms. The Morgan fingerprint density at radius 1 is 1.33 bits per heavy atom. The fraction of sp³-hybridized carbons (Fsp3) is 0.765. The lowest BCUT2D eigenvalue weighted by Crippen LogP contribution is -2.15. The number of rotatable bonds is 4. The van der Waals surface area contributed by atoms with Crippen molar-refractivity contribution in [1.29, 1.82) is 0 Å². The predicted molar refractivity (Wildman–Crippen MR) is 84.8 cm³/mol. The van der Waals surface area contributed by atoms with E-state index in [0.29, 0.717) is 12.5 Å². The summed E-state index contributed by atoms with van der Waals surface area (Å²) in [6.07, 6.45) is 8.43. The maximum atomic E-state index is 12.0. The van der Waals surface area contributed by atoms with E-state index in [9.17, 15) is 4.79 Å². The zero-order chi connectivity index (χ0) is 14.8. The minimum absolute atomic E-state index is 0.0804. The second kappa shape index (κ2) is 6.47. The highest BCUT2D eigenvalue weighted by Crippen LogP contribution is 2.43. The van der Waals surface area contributed by atoms with E-state index in [-0.39, 0.29) is 11.9 Å². The zero-order valence-electron chi connectivity index (χ0n) is 13.1. The summed E-state index contributed by atoms with van der Waals surface area (Å²) >= 11 is 1.86. The van der Waals surface area contributed by atoms with E-state index < -0.39 is 0 Å². The molecule has 2 aliphatic carbocycles. The molecule has 21 heavy (non-hydrogen) atoms. The SMILES string of the molecule is CCOC(=O)C1CCc2sc(C3CCCC(CC)C3)nc21. The third-order valence-electron chi connectivity index (χ3n) is 5.01. The molecule has 2 aliphatic rings. The average molecular weight is 307 g/mol. The Kier molecular flexibility index (Phi) is 4.63. The lowest BCUT2D eigenvalue weighted by molar-refractivity contribution is -0.145. The van der Waals surface area contributed by atoms with Crippen LogP contribution in [0.3, 0.4) is 0 Å². The van der Waals surface area contributed by atoms with E-state index in [1.807, 2.05) is 18.3 Å². The largest absolute Gasteiger partial charge is 0.465 e. The molecule has 1 fully saturated rings. The van der Waals surface area contributed by atoms with Crippen LogP contribution in [0.5, 0.6) is 0 Å². The van der Waals surface area contributed by atoms with Crippen LogP contribution in [-0.4, -0.2) is 17.6 Å². The van der Waals surface area contributed by atoms with Crippen LogP contribution in [0.15, 0.2) is 0 Å². The maximum absolute atomic E-state index is 12.0. The number of hydrogen-bond acceptors (Lipinski definition) is 4. The van der Waals surface area contributed by atoms with Gasteiger partial charge in [0.1, 0.15) is 5.92 Å². The fourth-order valence-electron chi connectivity index (χ4n) is 3.78. The number of aromatic nitrogens is 1. The first-order valence-electron chi connectivity index (χ1n) is 8.39. The minimum Gasteiger partial charge on any atom is -0.465 e. The van der Waals surface area contributed by atoms with Crippen molar-refractivity contribution in [3.63, 3.8) is 0 Å². The molecule has 1 aromatic heterocycles. The summed E-state index contributed by atoms with van der Waals surface area (Å²) in [6, 6.07) is 0. The number of hydrogen-bond donors (Lipinski definition) is 0. The molecule has 3 unspecified atom stereocenters. The molecule has 4 heteroatoms. The third kappa shape index (κ3) is 3.01. The van der Waals surface area contributed by atoms with Crippen LogP contribution in [0.4, 0.5) is 0 Å². The molecule has 1 saturated carbocycles. The molecule has 3 nitrogen and oxygen atoms in total. The smallest absolute Gasteiger partial charge is 0.315 e. The van der Waals surface area contributed by atoms with Crippen molar-refractivity contribution in [2.24, 2.45) is 5.92 Å². The molecule has 0 aliphatic heterocycles. The molecule has 1 heterocycles. The molecule has 0 saturated heterocycles. The first-order valence-corrected chi connectivity index (χ1v) is 9.20. The number of thiazole rings is 1.